The summed E-state index contributed by atoms with van der Waals surface area (Å²) in [5.74, 6) is 0.864. The molecule has 0 bridgehead atoms. The number of morpholine rings is 1. The summed E-state index contributed by atoms with van der Waals surface area (Å²) in [7, 11) is 0. The van der Waals surface area contributed by atoms with Gasteiger partial charge in [-0.1, -0.05) is 6.07 Å². The lowest BCUT2D eigenvalue weighted by molar-refractivity contribution is -0.930. The predicted octanol–water partition coefficient (Wildman–Crippen LogP) is 0.542. The molecule has 1 fully saturated rings. The van der Waals surface area contributed by atoms with Gasteiger partial charge in [-0.3, -0.25) is 5.10 Å². The maximum Gasteiger partial charge on any atom is 0.221 e. The molecule has 0 amide bonds. The van der Waals surface area contributed by atoms with Crippen LogP contribution in [0.1, 0.15) is 0 Å². The number of nitrogens with zero attached hydrogens (tertiary/aromatic N) is 2. The molecule has 3 heterocycles. The van der Waals surface area contributed by atoms with E-state index in [-0.39, 0.29) is 0 Å². The number of aromatic amines is 1. The quantitative estimate of drug-likeness (QED) is 0.809. The molecule has 1 saturated heterocycles. The van der Waals surface area contributed by atoms with Crippen molar-refractivity contribution in [3.8, 4) is 10.7 Å². The van der Waals surface area contributed by atoms with E-state index in [2.05, 4.69) is 10.1 Å². The van der Waals surface area contributed by atoms with Crippen LogP contribution in [0.5, 0.6) is 0 Å². The first-order valence-corrected chi connectivity index (χ1v) is 7.24. The van der Waals surface area contributed by atoms with Crippen molar-refractivity contribution in [2.45, 2.75) is 6.67 Å². The Morgan fingerprint density at radius 3 is 3.06 bits per heavy atom. The van der Waals surface area contributed by atoms with Crippen LogP contribution in [-0.2, 0) is 11.4 Å². The van der Waals surface area contributed by atoms with Crippen LogP contribution in [0.25, 0.3) is 10.7 Å². The Morgan fingerprint density at radius 2 is 2.33 bits per heavy atom. The zero-order valence-electron chi connectivity index (χ0n) is 9.89. The zero-order chi connectivity index (χ0) is 12.4. The molecule has 3 rings (SSSR count). The number of quaternary nitrogens is 1. The third-order valence-electron chi connectivity index (χ3n) is 3.02. The molecule has 2 N–H and O–H groups in total. The first-order chi connectivity index (χ1) is 8.83. The van der Waals surface area contributed by atoms with Crippen molar-refractivity contribution in [2.75, 3.05) is 26.3 Å². The molecule has 96 valence electrons. The summed E-state index contributed by atoms with van der Waals surface area (Å²) in [6.45, 7) is 4.54. The number of rotatable bonds is 3. The van der Waals surface area contributed by atoms with Gasteiger partial charge in [0.2, 0.25) is 4.77 Å². The highest BCUT2D eigenvalue weighted by Gasteiger charge is 2.15. The fraction of sp³-hybridized carbons (Fsp3) is 0.455. The third kappa shape index (κ3) is 2.54. The highest BCUT2D eigenvalue weighted by atomic mass is 32.1. The van der Waals surface area contributed by atoms with E-state index in [0.717, 1.165) is 43.7 Å². The number of H-pyrrole nitrogens is 1. The van der Waals surface area contributed by atoms with Crippen molar-refractivity contribution in [1.29, 1.82) is 0 Å². The number of hydrogen-bond donors (Lipinski definition) is 2. The van der Waals surface area contributed by atoms with Crippen LogP contribution in [0, 0.1) is 4.77 Å². The predicted molar refractivity (Wildman–Crippen MR) is 72.2 cm³/mol. The van der Waals surface area contributed by atoms with Crippen LogP contribution in [0.3, 0.4) is 0 Å². The SMILES string of the molecule is S=c1nc(-c2cccs2)[nH]n1C[NH+]1CCOCC1. The maximum atomic E-state index is 5.35. The first kappa shape index (κ1) is 12.0. The topological polar surface area (TPSA) is 47.3 Å². The van der Waals surface area contributed by atoms with E-state index in [1.54, 1.807) is 11.3 Å². The van der Waals surface area contributed by atoms with Gasteiger partial charge in [0.15, 0.2) is 12.5 Å². The second kappa shape index (κ2) is 5.31. The summed E-state index contributed by atoms with van der Waals surface area (Å²) in [5.41, 5.74) is 0. The summed E-state index contributed by atoms with van der Waals surface area (Å²) >= 11 is 6.96. The Balaban J connectivity index is 1.78. The molecule has 0 radical (unpaired) electrons. The van der Waals surface area contributed by atoms with E-state index in [1.165, 1.54) is 4.90 Å². The van der Waals surface area contributed by atoms with Crippen molar-refractivity contribution < 1.29 is 9.64 Å². The van der Waals surface area contributed by atoms with E-state index in [0.29, 0.717) is 4.77 Å². The number of hydrogen-bond acceptors (Lipinski definition) is 4. The van der Waals surface area contributed by atoms with E-state index in [9.17, 15) is 0 Å². The van der Waals surface area contributed by atoms with Crippen LogP contribution >= 0.6 is 23.6 Å². The average Bonchev–Trinajstić information content (AvgIpc) is 3.01. The molecule has 18 heavy (non-hydrogen) atoms. The Labute approximate surface area is 114 Å². The monoisotopic (exact) mass is 283 g/mol. The second-order valence-electron chi connectivity index (χ2n) is 4.28. The Bertz CT molecular complexity index is 554. The molecule has 1 aliphatic heterocycles. The molecule has 5 nitrogen and oxygen atoms in total. The van der Waals surface area contributed by atoms with Gasteiger partial charge in [0, 0.05) is 0 Å². The van der Waals surface area contributed by atoms with Gasteiger partial charge in [-0.2, -0.15) is 4.98 Å². The van der Waals surface area contributed by atoms with Gasteiger partial charge < -0.3 is 9.64 Å². The fourth-order valence-corrected chi connectivity index (χ4v) is 2.89. The van der Waals surface area contributed by atoms with Crippen molar-refractivity contribution in [3.63, 3.8) is 0 Å². The maximum absolute atomic E-state index is 5.35. The van der Waals surface area contributed by atoms with Gasteiger partial charge in [0.25, 0.3) is 0 Å². The van der Waals surface area contributed by atoms with E-state index in [4.69, 9.17) is 17.0 Å². The van der Waals surface area contributed by atoms with Crippen molar-refractivity contribution >= 4 is 23.6 Å². The van der Waals surface area contributed by atoms with E-state index in [1.807, 2.05) is 22.2 Å². The molecule has 7 heteroatoms. The molecule has 1 aliphatic rings. The summed E-state index contributed by atoms with van der Waals surface area (Å²) in [4.78, 5) is 7.00. The first-order valence-electron chi connectivity index (χ1n) is 5.95. The molecule has 2 aromatic rings. The van der Waals surface area contributed by atoms with Crippen molar-refractivity contribution in [3.05, 3.63) is 22.3 Å². The number of aromatic nitrogens is 3. The normalized spacial score (nSPS) is 17.1. The second-order valence-corrected chi connectivity index (χ2v) is 5.59. The number of ether oxygens (including phenoxy) is 1. The highest BCUT2D eigenvalue weighted by Crippen LogP contribution is 2.20. The molecule has 2 aromatic heterocycles. The summed E-state index contributed by atoms with van der Waals surface area (Å²) in [6, 6.07) is 4.06. The molecule has 0 unspecified atom stereocenters. The van der Waals surface area contributed by atoms with Gasteiger partial charge >= 0.3 is 0 Å². The lowest BCUT2D eigenvalue weighted by Crippen LogP contribution is -3.13. The van der Waals surface area contributed by atoms with Gasteiger partial charge in [0.05, 0.1) is 18.1 Å². The summed E-state index contributed by atoms with van der Waals surface area (Å²) in [6.07, 6.45) is 0. The van der Waals surface area contributed by atoms with Gasteiger partial charge in [-0.15, -0.1) is 11.3 Å². The van der Waals surface area contributed by atoms with Gasteiger partial charge in [0.1, 0.15) is 13.1 Å². The zero-order valence-corrected chi connectivity index (χ0v) is 11.5. The van der Waals surface area contributed by atoms with Crippen LogP contribution in [0.4, 0.5) is 0 Å². The Hall–Kier alpha value is -1.02. The smallest absolute Gasteiger partial charge is 0.221 e. The Kier molecular flexibility index (Phi) is 3.55. The van der Waals surface area contributed by atoms with Crippen LogP contribution in [-0.4, -0.2) is 41.1 Å². The minimum atomic E-state index is 0.623. The molecule has 0 spiro atoms. The number of nitrogens with one attached hydrogen (secondary N) is 2. The molecule has 0 saturated carbocycles. The van der Waals surface area contributed by atoms with Crippen LogP contribution in [0.2, 0.25) is 0 Å². The highest BCUT2D eigenvalue weighted by molar-refractivity contribution is 7.71. The van der Waals surface area contributed by atoms with Crippen molar-refractivity contribution in [2.24, 2.45) is 0 Å². The van der Waals surface area contributed by atoms with Gasteiger partial charge in [-0.05, 0) is 23.7 Å². The lowest BCUT2D eigenvalue weighted by atomic mass is 10.4. The molecular weight excluding hydrogens is 268 g/mol. The molecular formula is C11H15N4OS2+. The standard InChI is InChI=1S/C11H14N4OS2/c17-11-12-10(9-2-1-7-18-9)13-15(11)8-14-3-5-16-6-4-14/h1-2,7H,3-6,8H2,(H,12,13,17)/p+1. The molecule has 0 aliphatic carbocycles. The van der Waals surface area contributed by atoms with E-state index < -0.39 is 0 Å². The molecule has 0 aromatic carbocycles. The van der Waals surface area contributed by atoms with Crippen LogP contribution < -0.4 is 4.90 Å². The van der Waals surface area contributed by atoms with E-state index >= 15 is 0 Å². The number of thiophene rings is 1. The average molecular weight is 283 g/mol. The summed E-state index contributed by atoms with van der Waals surface area (Å²) < 4.78 is 7.92. The minimum absolute atomic E-state index is 0.623. The third-order valence-corrected chi connectivity index (χ3v) is 4.20. The summed E-state index contributed by atoms with van der Waals surface area (Å²) in [5, 5.41) is 5.32. The lowest BCUT2D eigenvalue weighted by Gasteiger charge is -2.23. The van der Waals surface area contributed by atoms with Gasteiger partial charge in [-0.25, -0.2) is 4.68 Å². The molecule has 0 atom stereocenters. The largest absolute Gasteiger partial charge is 0.370 e. The fourth-order valence-electron chi connectivity index (χ4n) is 2.03. The minimum Gasteiger partial charge on any atom is -0.370 e. The van der Waals surface area contributed by atoms with Crippen LogP contribution in [0.15, 0.2) is 17.5 Å². The Morgan fingerprint density at radius 1 is 1.50 bits per heavy atom. The van der Waals surface area contributed by atoms with Crippen molar-refractivity contribution in [1.82, 2.24) is 14.8 Å².